The van der Waals surface area contributed by atoms with Crippen LogP contribution in [0.2, 0.25) is 0 Å². The molecule has 0 radical (unpaired) electrons. The maximum absolute atomic E-state index is 5.56. The lowest BCUT2D eigenvalue weighted by molar-refractivity contribution is -0.176. The molecule has 2 nitrogen and oxygen atoms in total. The Balaban J connectivity index is 2.62. The largest absolute Gasteiger partial charge is 0.346 e. The second kappa shape index (κ2) is 4.04. The Morgan fingerprint density at radius 1 is 1.12 bits per heavy atom. The molecule has 86 valence electrons. The molecule has 16 heavy (non-hydrogen) atoms. The number of rotatable bonds is 3. The summed E-state index contributed by atoms with van der Waals surface area (Å²) in [4.78, 5) is 0. The summed E-state index contributed by atoms with van der Waals surface area (Å²) in [5, 5.41) is 0. The molecule has 0 N–H and O–H groups in total. The SMILES string of the molecule is COC1(OC)C=Cc2cccc(C(C)C)c21. The van der Waals surface area contributed by atoms with E-state index in [0.717, 1.165) is 5.56 Å². The molecule has 1 aliphatic rings. The molecule has 0 spiro atoms. The zero-order valence-corrected chi connectivity index (χ0v) is 10.3. The normalized spacial score (nSPS) is 16.8. The van der Waals surface area contributed by atoms with E-state index in [-0.39, 0.29) is 0 Å². The van der Waals surface area contributed by atoms with E-state index in [1.165, 1.54) is 11.1 Å². The highest BCUT2D eigenvalue weighted by Gasteiger charge is 2.37. The lowest BCUT2D eigenvalue weighted by Gasteiger charge is -2.29. The summed E-state index contributed by atoms with van der Waals surface area (Å²) in [7, 11) is 3.36. The van der Waals surface area contributed by atoms with Gasteiger partial charge in [0.1, 0.15) is 0 Å². The molecule has 0 unspecified atom stereocenters. The van der Waals surface area contributed by atoms with Crippen LogP contribution in [0, 0.1) is 0 Å². The van der Waals surface area contributed by atoms with Crippen LogP contribution < -0.4 is 0 Å². The van der Waals surface area contributed by atoms with Gasteiger partial charge in [0.2, 0.25) is 5.79 Å². The van der Waals surface area contributed by atoms with Crippen molar-refractivity contribution in [3.63, 3.8) is 0 Å². The molecule has 1 aliphatic carbocycles. The summed E-state index contributed by atoms with van der Waals surface area (Å²) in [6.45, 7) is 4.37. The molecule has 1 aromatic rings. The van der Waals surface area contributed by atoms with Crippen molar-refractivity contribution in [2.45, 2.75) is 25.6 Å². The third-order valence-electron chi connectivity index (χ3n) is 3.19. The quantitative estimate of drug-likeness (QED) is 0.725. The van der Waals surface area contributed by atoms with Crippen LogP contribution in [0.5, 0.6) is 0 Å². The fourth-order valence-corrected chi connectivity index (χ4v) is 2.32. The van der Waals surface area contributed by atoms with E-state index < -0.39 is 5.79 Å². The maximum Gasteiger partial charge on any atom is 0.215 e. The molecular formula is C14H18O2. The van der Waals surface area contributed by atoms with Crippen molar-refractivity contribution < 1.29 is 9.47 Å². The van der Waals surface area contributed by atoms with Gasteiger partial charge in [-0.15, -0.1) is 0 Å². The lowest BCUT2D eigenvalue weighted by Crippen LogP contribution is -2.28. The average molecular weight is 218 g/mol. The number of hydrogen-bond donors (Lipinski definition) is 0. The summed E-state index contributed by atoms with van der Waals surface area (Å²) in [6, 6.07) is 6.32. The summed E-state index contributed by atoms with van der Waals surface area (Å²) in [5.74, 6) is -0.240. The fourth-order valence-electron chi connectivity index (χ4n) is 2.32. The molecule has 1 aromatic carbocycles. The van der Waals surface area contributed by atoms with Gasteiger partial charge in [-0.25, -0.2) is 0 Å². The first-order chi connectivity index (χ1) is 7.64. The Kier molecular flexibility index (Phi) is 2.87. The topological polar surface area (TPSA) is 18.5 Å². The van der Waals surface area contributed by atoms with Gasteiger partial charge in [0.25, 0.3) is 0 Å². The van der Waals surface area contributed by atoms with E-state index in [0.29, 0.717) is 5.92 Å². The van der Waals surface area contributed by atoms with Crippen molar-refractivity contribution in [2.75, 3.05) is 14.2 Å². The Labute approximate surface area is 96.9 Å². The van der Waals surface area contributed by atoms with Gasteiger partial charge in [-0.05, 0) is 23.1 Å². The molecule has 0 aromatic heterocycles. The van der Waals surface area contributed by atoms with Gasteiger partial charge < -0.3 is 9.47 Å². The third-order valence-corrected chi connectivity index (χ3v) is 3.19. The fraction of sp³-hybridized carbons (Fsp3) is 0.429. The summed E-state index contributed by atoms with van der Waals surface area (Å²) < 4.78 is 11.1. The Hall–Kier alpha value is -1.12. The standard InChI is InChI=1S/C14H18O2/c1-10(2)12-7-5-6-11-8-9-14(15-3,16-4)13(11)12/h5-10H,1-4H3. The van der Waals surface area contributed by atoms with Crippen LogP contribution >= 0.6 is 0 Å². The molecule has 2 rings (SSSR count). The predicted molar refractivity (Wildman–Crippen MR) is 65.3 cm³/mol. The van der Waals surface area contributed by atoms with E-state index in [2.05, 4.69) is 38.1 Å². The molecule has 0 heterocycles. The third kappa shape index (κ3) is 1.49. The summed E-state index contributed by atoms with van der Waals surface area (Å²) >= 11 is 0. The smallest absolute Gasteiger partial charge is 0.215 e. The second-order valence-corrected chi connectivity index (χ2v) is 4.38. The van der Waals surface area contributed by atoms with Crippen molar-refractivity contribution in [2.24, 2.45) is 0 Å². The molecule has 0 saturated carbocycles. The van der Waals surface area contributed by atoms with E-state index in [1.54, 1.807) is 14.2 Å². The monoisotopic (exact) mass is 218 g/mol. The van der Waals surface area contributed by atoms with Gasteiger partial charge in [-0.3, -0.25) is 0 Å². The van der Waals surface area contributed by atoms with Crippen LogP contribution in [0.4, 0.5) is 0 Å². The Bertz CT molecular complexity index is 415. The molecule has 0 saturated heterocycles. The van der Waals surface area contributed by atoms with E-state index >= 15 is 0 Å². The molecule has 0 aliphatic heterocycles. The van der Waals surface area contributed by atoms with Gasteiger partial charge in [0, 0.05) is 19.8 Å². The minimum atomic E-state index is -0.698. The van der Waals surface area contributed by atoms with Crippen LogP contribution in [-0.2, 0) is 15.3 Å². The number of methoxy groups -OCH3 is 2. The van der Waals surface area contributed by atoms with Crippen LogP contribution in [0.3, 0.4) is 0 Å². The van der Waals surface area contributed by atoms with Gasteiger partial charge in [-0.1, -0.05) is 38.1 Å². The molecule has 0 amide bonds. The molecule has 2 heteroatoms. The van der Waals surface area contributed by atoms with Crippen molar-refractivity contribution in [1.82, 2.24) is 0 Å². The molecule has 0 atom stereocenters. The minimum absolute atomic E-state index is 0.458. The molecule has 0 fully saturated rings. The first-order valence-corrected chi connectivity index (χ1v) is 5.57. The van der Waals surface area contributed by atoms with Crippen molar-refractivity contribution in [3.8, 4) is 0 Å². The summed E-state index contributed by atoms with van der Waals surface area (Å²) in [6.07, 6.45) is 4.04. The van der Waals surface area contributed by atoms with E-state index in [1.807, 2.05) is 6.08 Å². The highest BCUT2D eigenvalue weighted by molar-refractivity contribution is 5.65. The van der Waals surface area contributed by atoms with Crippen LogP contribution in [0.1, 0.15) is 36.5 Å². The zero-order valence-electron chi connectivity index (χ0n) is 10.3. The second-order valence-electron chi connectivity index (χ2n) is 4.38. The predicted octanol–water partition coefficient (Wildman–Crippen LogP) is 3.28. The van der Waals surface area contributed by atoms with Crippen molar-refractivity contribution in [1.29, 1.82) is 0 Å². The molecular weight excluding hydrogens is 200 g/mol. The highest BCUT2D eigenvalue weighted by Crippen LogP contribution is 2.41. The first-order valence-electron chi connectivity index (χ1n) is 5.57. The number of hydrogen-bond acceptors (Lipinski definition) is 2. The van der Waals surface area contributed by atoms with Crippen LogP contribution in [0.15, 0.2) is 24.3 Å². The average Bonchev–Trinajstić information content (AvgIpc) is 2.68. The number of benzene rings is 1. The Morgan fingerprint density at radius 3 is 2.38 bits per heavy atom. The van der Waals surface area contributed by atoms with Gasteiger partial charge in [0.15, 0.2) is 0 Å². The number of fused-ring (bicyclic) bond motifs is 1. The lowest BCUT2D eigenvalue weighted by atomic mass is 9.91. The molecule has 0 bridgehead atoms. The van der Waals surface area contributed by atoms with Crippen molar-refractivity contribution >= 4 is 6.08 Å². The minimum Gasteiger partial charge on any atom is -0.346 e. The summed E-state index contributed by atoms with van der Waals surface area (Å²) in [5.41, 5.74) is 3.62. The first kappa shape index (κ1) is 11.4. The number of ether oxygens (including phenoxy) is 2. The van der Waals surface area contributed by atoms with E-state index in [4.69, 9.17) is 9.47 Å². The Morgan fingerprint density at radius 2 is 1.81 bits per heavy atom. The van der Waals surface area contributed by atoms with Crippen LogP contribution in [-0.4, -0.2) is 14.2 Å². The van der Waals surface area contributed by atoms with Gasteiger partial charge in [0.05, 0.1) is 0 Å². The van der Waals surface area contributed by atoms with Gasteiger partial charge in [-0.2, -0.15) is 0 Å². The van der Waals surface area contributed by atoms with E-state index in [9.17, 15) is 0 Å². The van der Waals surface area contributed by atoms with Crippen LogP contribution in [0.25, 0.3) is 6.08 Å². The van der Waals surface area contributed by atoms with Crippen molar-refractivity contribution in [3.05, 3.63) is 41.0 Å². The van der Waals surface area contributed by atoms with Gasteiger partial charge >= 0.3 is 0 Å². The highest BCUT2D eigenvalue weighted by atomic mass is 16.7. The zero-order chi connectivity index (χ0) is 11.8. The maximum atomic E-state index is 5.56.